The molecule has 1 saturated heterocycles. The van der Waals surface area contributed by atoms with Gasteiger partial charge in [0.1, 0.15) is 34.2 Å². The van der Waals surface area contributed by atoms with Gasteiger partial charge in [-0.1, -0.05) is 29.4 Å². The molecule has 1 aromatic carbocycles. The van der Waals surface area contributed by atoms with Gasteiger partial charge in [-0.05, 0) is 99.3 Å². The third-order valence-electron chi connectivity index (χ3n) is 10.4. The van der Waals surface area contributed by atoms with Crippen molar-refractivity contribution in [2.75, 3.05) is 0 Å². The maximum atomic E-state index is 14.7. The lowest BCUT2D eigenvalue weighted by Crippen LogP contribution is -2.72. The van der Waals surface area contributed by atoms with E-state index in [2.05, 4.69) is 19.9 Å². The van der Waals surface area contributed by atoms with Gasteiger partial charge in [-0.3, -0.25) is 14.4 Å². The summed E-state index contributed by atoms with van der Waals surface area (Å²) in [4.78, 5) is 40.1. The van der Waals surface area contributed by atoms with Gasteiger partial charge in [0, 0.05) is 29.4 Å². The van der Waals surface area contributed by atoms with Gasteiger partial charge in [0.05, 0.1) is 11.2 Å². The summed E-state index contributed by atoms with van der Waals surface area (Å²) in [6.45, 7) is 16.0. The average Bonchev–Trinajstić information content (AvgIpc) is 3.12. The van der Waals surface area contributed by atoms with E-state index in [9.17, 15) is 19.5 Å². The Bertz CT molecular complexity index is 1690. The second-order valence-electron chi connectivity index (χ2n) is 14.6. The predicted octanol–water partition coefficient (Wildman–Crippen LogP) is 7.29. The highest BCUT2D eigenvalue weighted by Gasteiger charge is 2.81. The highest BCUT2D eigenvalue weighted by atomic mass is 16.6. The van der Waals surface area contributed by atoms with Gasteiger partial charge in [0.2, 0.25) is 0 Å². The van der Waals surface area contributed by atoms with Gasteiger partial charge in [-0.2, -0.15) is 0 Å². The number of hydrogen-bond donors (Lipinski definition) is 1. The van der Waals surface area contributed by atoms with Crippen LogP contribution >= 0.6 is 0 Å². The molecule has 7 rings (SSSR count). The minimum atomic E-state index is -1.55. The Morgan fingerprint density at radius 1 is 1.02 bits per heavy atom. The van der Waals surface area contributed by atoms with Crippen LogP contribution in [0.5, 0.6) is 17.2 Å². The number of Topliss-reactive ketones (excluding diaryl/α,β-unsaturated/α-hetero) is 2. The molecule has 2 fully saturated rings. The van der Waals surface area contributed by atoms with E-state index in [4.69, 9.17) is 18.9 Å². The van der Waals surface area contributed by atoms with Gasteiger partial charge in [0.15, 0.2) is 22.8 Å². The highest BCUT2D eigenvalue weighted by molar-refractivity contribution is 6.19. The zero-order chi connectivity index (χ0) is 33.4. The van der Waals surface area contributed by atoms with E-state index in [1.165, 1.54) is 5.57 Å². The minimum Gasteiger partial charge on any atom is -0.506 e. The van der Waals surface area contributed by atoms with Gasteiger partial charge in [0.25, 0.3) is 6.47 Å². The SMILES string of the molecule is CC(C)=CCC[C@]1(C)C=Cc2c(O)c3c(c(CC=C(C)C)c2O1)O[C@]12C(=CC4CC1C(C)(C)OC2(C/C=C(/C)OC=O)C4=O)C3=O. The minimum absolute atomic E-state index is 0.0454. The first kappa shape index (κ1) is 32.0. The van der Waals surface area contributed by atoms with Gasteiger partial charge < -0.3 is 24.1 Å². The second kappa shape index (κ2) is 10.8. The van der Waals surface area contributed by atoms with E-state index in [0.29, 0.717) is 53.9 Å². The van der Waals surface area contributed by atoms with Crippen LogP contribution in [-0.2, 0) is 25.5 Å². The Kier molecular flexibility index (Phi) is 7.54. The Balaban J connectivity index is 1.58. The fourth-order valence-corrected chi connectivity index (χ4v) is 8.20. The number of fused-ring (bicyclic) bond motifs is 2. The number of carbonyl (C=O) groups is 3. The van der Waals surface area contributed by atoms with E-state index in [-0.39, 0.29) is 41.0 Å². The van der Waals surface area contributed by atoms with E-state index >= 15 is 0 Å². The molecule has 3 aliphatic carbocycles. The first-order valence-corrected chi connectivity index (χ1v) is 16.1. The predicted molar refractivity (Wildman–Crippen MR) is 174 cm³/mol. The fraction of sp³-hybridized carbons (Fsp3) is 0.500. The van der Waals surface area contributed by atoms with E-state index in [1.54, 1.807) is 19.1 Å². The third-order valence-corrected chi connectivity index (χ3v) is 10.4. The molecular weight excluding hydrogens is 584 g/mol. The molecule has 1 N–H and O–H groups in total. The summed E-state index contributed by atoms with van der Waals surface area (Å²) < 4.78 is 25.7. The standard InChI is InChI=1S/C38H44O8/c1-21(2)10-9-15-36(8)16-14-25-30(40)29-31(41)27-18-24-19-28-35(6,7)46-37(34(24)42,17-13-23(5)43-20-39)38(27,28)45-33(29)26(32(25)44-36)12-11-22(3)4/h10-11,13-14,16,18,20,24,28,40H,9,12,15,17,19H2,1-8H3/b23-13-/t24?,28?,36-,37?,38-/m1/s1. The molecule has 5 atom stereocenters. The van der Waals surface area contributed by atoms with Gasteiger partial charge in [-0.15, -0.1) is 0 Å². The third kappa shape index (κ3) is 4.55. The van der Waals surface area contributed by atoms with Crippen molar-refractivity contribution in [3.8, 4) is 17.2 Å². The quantitative estimate of drug-likeness (QED) is 0.173. The Morgan fingerprint density at radius 3 is 2.41 bits per heavy atom. The lowest BCUT2D eigenvalue weighted by molar-refractivity contribution is -0.171. The van der Waals surface area contributed by atoms with Crippen LogP contribution in [-0.4, -0.2) is 45.5 Å². The molecular formula is C38H44O8. The number of allylic oxidation sites excluding steroid dienone is 6. The topological polar surface area (TPSA) is 108 Å². The van der Waals surface area contributed by atoms with Crippen molar-refractivity contribution < 1.29 is 38.4 Å². The lowest BCUT2D eigenvalue weighted by atomic mass is 9.51. The molecule has 46 heavy (non-hydrogen) atoms. The number of rotatable bonds is 9. The molecule has 0 aromatic heterocycles. The van der Waals surface area contributed by atoms with E-state index in [0.717, 1.165) is 12.0 Å². The van der Waals surface area contributed by atoms with Crippen molar-refractivity contribution in [2.45, 2.75) is 110 Å². The molecule has 4 bridgehead atoms. The van der Waals surface area contributed by atoms with Crippen LogP contribution in [0.25, 0.3) is 6.08 Å². The molecule has 0 amide bonds. The lowest BCUT2D eigenvalue weighted by Gasteiger charge is -2.56. The number of carbonyl (C=O) groups excluding carboxylic acids is 3. The number of ether oxygens (including phenoxy) is 4. The largest absolute Gasteiger partial charge is 0.506 e. The van der Waals surface area contributed by atoms with E-state index in [1.807, 2.05) is 52.8 Å². The molecule has 1 aromatic rings. The molecule has 3 unspecified atom stereocenters. The fourth-order valence-electron chi connectivity index (χ4n) is 8.20. The highest BCUT2D eigenvalue weighted by Crippen LogP contribution is 2.68. The van der Waals surface area contributed by atoms with Crippen molar-refractivity contribution in [3.63, 3.8) is 0 Å². The molecule has 1 saturated carbocycles. The summed E-state index contributed by atoms with van der Waals surface area (Å²) in [5, 5.41) is 11.8. The zero-order valence-corrected chi connectivity index (χ0v) is 28.0. The first-order chi connectivity index (χ1) is 21.6. The van der Waals surface area contributed by atoms with Gasteiger partial charge >= 0.3 is 0 Å². The average molecular weight is 629 g/mol. The first-order valence-electron chi connectivity index (χ1n) is 16.1. The summed E-state index contributed by atoms with van der Waals surface area (Å²) in [5.74, 6) is -0.605. The summed E-state index contributed by atoms with van der Waals surface area (Å²) in [6, 6.07) is 0. The van der Waals surface area contributed by atoms with Crippen LogP contribution in [0, 0.1) is 11.8 Å². The van der Waals surface area contributed by atoms with Crippen LogP contribution in [0.4, 0.5) is 0 Å². The number of ketones is 2. The maximum Gasteiger partial charge on any atom is 0.298 e. The summed E-state index contributed by atoms with van der Waals surface area (Å²) in [7, 11) is 0. The molecule has 6 aliphatic rings. The Hall–Kier alpha value is -3.91. The Morgan fingerprint density at radius 2 is 1.74 bits per heavy atom. The van der Waals surface area contributed by atoms with Crippen molar-refractivity contribution in [1.82, 2.24) is 0 Å². The van der Waals surface area contributed by atoms with Crippen molar-refractivity contribution in [3.05, 3.63) is 69.5 Å². The number of phenols is 1. The smallest absolute Gasteiger partial charge is 0.298 e. The van der Waals surface area contributed by atoms with Crippen molar-refractivity contribution in [1.29, 1.82) is 0 Å². The molecule has 8 heteroatoms. The van der Waals surface area contributed by atoms with Crippen LogP contribution in [0.1, 0.15) is 103 Å². The second-order valence-corrected chi connectivity index (χ2v) is 14.6. The molecule has 8 nitrogen and oxygen atoms in total. The summed E-state index contributed by atoms with van der Waals surface area (Å²) in [5.41, 5.74) is -0.687. The summed E-state index contributed by atoms with van der Waals surface area (Å²) >= 11 is 0. The number of aromatic hydroxyl groups is 1. The van der Waals surface area contributed by atoms with Crippen LogP contribution in [0.2, 0.25) is 0 Å². The number of benzene rings is 1. The molecule has 1 spiro atoms. The summed E-state index contributed by atoms with van der Waals surface area (Å²) in [6.07, 6.45) is 13.8. The van der Waals surface area contributed by atoms with Crippen LogP contribution in [0.15, 0.2) is 52.9 Å². The monoisotopic (exact) mass is 628 g/mol. The maximum absolute atomic E-state index is 14.7. The normalized spacial score (nSPS) is 31.1. The molecule has 244 valence electrons. The van der Waals surface area contributed by atoms with Crippen molar-refractivity contribution >= 4 is 24.1 Å². The van der Waals surface area contributed by atoms with Gasteiger partial charge in [-0.25, -0.2) is 0 Å². The van der Waals surface area contributed by atoms with E-state index < -0.39 is 28.3 Å². The Labute approximate surface area is 270 Å². The van der Waals surface area contributed by atoms with Crippen LogP contribution in [0.3, 0.4) is 0 Å². The zero-order valence-electron chi connectivity index (χ0n) is 28.0. The number of phenolic OH excluding ortho intramolecular Hbond substituents is 1. The van der Waals surface area contributed by atoms with Crippen molar-refractivity contribution in [2.24, 2.45) is 11.8 Å². The number of hydrogen-bond acceptors (Lipinski definition) is 8. The van der Waals surface area contributed by atoms with Crippen LogP contribution < -0.4 is 9.47 Å². The molecule has 3 aliphatic heterocycles. The molecule has 0 radical (unpaired) electrons. The molecule has 3 heterocycles.